The zero-order valence-electron chi connectivity index (χ0n) is 13.9. The summed E-state index contributed by atoms with van der Waals surface area (Å²) in [5.41, 5.74) is 10.5. The Hall–Kier alpha value is -3.02. The first-order valence-electron chi connectivity index (χ1n) is 8.72. The Morgan fingerprint density at radius 1 is 1.00 bits per heavy atom. The second-order valence-corrected chi connectivity index (χ2v) is 6.56. The van der Waals surface area contributed by atoms with Crippen molar-refractivity contribution in [3.63, 3.8) is 0 Å². The summed E-state index contributed by atoms with van der Waals surface area (Å²) in [7, 11) is 0. The van der Waals surface area contributed by atoms with Crippen molar-refractivity contribution < 1.29 is 0 Å². The molecular formula is C19H20N6. The molecule has 126 valence electrons. The fourth-order valence-electron chi connectivity index (χ4n) is 3.88. The zero-order chi connectivity index (χ0) is 16.8. The van der Waals surface area contributed by atoms with E-state index in [1.54, 1.807) is 0 Å². The van der Waals surface area contributed by atoms with Gasteiger partial charge in [-0.15, -0.1) is 0 Å². The molecule has 0 amide bonds. The average molecular weight is 332 g/mol. The molecule has 25 heavy (non-hydrogen) atoms. The summed E-state index contributed by atoms with van der Waals surface area (Å²) in [5, 5.41) is 3.10. The number of nitrogens with one attached hydrogen (secondary N) is 1. The van der Waals surface area contributed by atoms with Crippen LogP contribution >= 0.6 is 0 Å². The van der Waals surface area contributed by atoms with Gasteiger partial charge in [-0.3, -0.25) is 9.88 Å². The third kappa shape index (κ3) is 2.25. The number of hydrogen-bond donors (Lipinski definition) is 2. The van der Waals surface area contributed by atoms with E-state index in [2.05, 4.69) is 50.1 Å². The molecule has 0 radical (unpaired) electrons. The number of imidazole rings is 1. The summed E-state index contributed by atoms with van der Waals surface area (Å²) < 4.78 is 2.14. The minimum absolute atomic E-state index is 0.208. The van der Waals surface area contributed by atoms with E-state index in [-0.39, 0.29) is 6.17 Å². The minimum Gasteiger partial charge on any atom is -0.371 e. The van der Waals surface area contributed by atoms with Crippen LogP contribution in [-0.2, 0) is 0 Å². The Morgan fingerprint density at radius 2 is 1.76 bits per heavy atom. The van der Waals surface area contributed by atoms with Crippen LogP contribution in [0.2, 0.25) is 0 Å². The SMILES string of the molecule is NC1=NC(c2ccccc2N2CCCC2)n2c(nc3ccccc32)N1. The van der Waals surface area contributed by atoms with Gasteiger partial charge in [-0.2, -0.15) is 0 Å². The van der Waals surface area contributed by atoms with Crippen molar-refractivity contribution in [1.82, 2.24) is 9.55 Å². The van der Waals surface area contributed by atoms with Gasteiger partial charge in [0.05, 0.1) is 11.0 Å². The summed E-state index contributed by atoms with van der Waals surface area (Å²) in [6, 6.07) is 16.6. The molecule has 3 heterocycles. The van der Waals surface area contributed by atoms with E-state index < -0.39 is 0 Å². The van der Waals surface area contributed by atoms with E-state index in [0.717, 1.165) is 30.1 Å². The number of hydrogen-bond acceptors (Lipinski definition) is 5. The summed E-state index contributed by atoms with van der Waals surface area (Å²) >= 11 is 0. The largest absolute Gasteiger partial charge is 0.371 e. The normalized spacial score (nSPS) is 19.6. The van der Waals surface area contributed by atoms with Gasteiger partial charge in [0, 0.05) is 24.3 Å². The highest BCUT2D eigenvalue weighted by Crippen LogP contribution is 2.37. The third-order valence-electron chi connectivity index (χ3n) is 5.00. The number of fused-ring (bicyclic) bond motifs is 3. The predicted octanol–water partition coefficient (Wildman–Crippen LogP) is 2.92. The molecule has 3 N–H and O–H groups in total. The molecule has 6 nitrogen and oxygen atoms in total. The lowest BCUT2D eigenvalue weighted by Gasteiger charge is -2.28. The van der Waals surface area contributed by atoms with Crippen LogP contribution in [0.5, 0.6) is 0 Å². The highest BCUT2D eigenvalue weighted by atomic mass is 15.4. The number of aliphatic imine (C=N–C) groups is 1. The number of para-hydroxylation sites is 3. The second kappa shape index (κ2) is 5.51. The highest BCUT2D eigenvalue weighted by molar-refractivity contribution is 5.94. The van der Waals surface area contributed by atoms with Crippen molar-refractivity contribution in [3.8, 4) is 0 Å². The molecule has 0 spiro atoms. The lowest BCUT2D eigenvalue weighted by atomic mass is 10.1. The fraction of sp³-hybridized carbons (Fsp3) is 0.263. The van der Waals surface area contributed by atoms with Crippen LogP contribution in [0.4, 0.5) is 11.6 Å². The molecule has 1 unspecified atom stereocenters. The minimum atomic E-state index is -0.208. The van der Waals surface area contributed by atoms with E-state index in [4.69, 9.17) is 10.7 Å². The predicted molar refractivity (Wildman–Crippen MR) is 101 cm³/mol. The molecule has 1 fully saturated rings. The molecule has 6 heteroatoms. The van der Waals surface area contributed by atoms with Crippen LogP contribution < -0.4 is 16.0 Å². The summed E-state index contributed by atoms with van der Waals surface area (Å²) in [4.78, 5) is 11.9. The first-order valence-corrected chi connectivity index (χ1v) is 8.72. The molecule has 3 aromatic rings. The van der Waals surface area contributed by atoms with E-state index in [9.17, 15) is 0 Å². The number of guanidine groups is 1. The Morgan fingerprint density at radius 3 is 2.64 bits per heavy atom. The van der Waals surface area contributed by atoms with Gasteiger partial charge >= 0.3 is 0 Å². The molecule has 0 aliphatic carbocycles. The molecule has 5 rings (SSSR count). The molecule has 1 saturated heterocycles. The molecule has 0 bridgehead atoms. The Bertz CT molecular complexity index is 967. The molecule has 2 aliphatic heterocycles. The standard InChI is InChI=1S/C19H20N6/c20-18-22-17(13-7-1-3-9-15(13)24-11-5-6-12-24)25-16-10-4-2-8-14(16)21-19(25)23-18/h1-4,7-10,17H,5-6,11-12H2,(H3,20,21,22,23). The molecular weight excluding hydrogens is 312 g/mol. The molecule has 2 aliphatic rings. The number of nitrogens with zero attached hydrogens (tertiary/aromatic N) is 4. The number of rotatable bonds is 2. The van der Waals surface area contributed by atoms with Crippen LogP contribution in [0.1, 0.15) is 24.6 Å². The topological polar surface area (TPSA) is 71.5 Å². The van der Waals surface area contributed by atoms with Crippen LogP contribution in [0, 0.1) is 0 Å². The van der Waals surface area contributed by atoms with E-state index >= 15 is 0 Å². The average Bonchev–Trinajstić information content (AvgIpc) is 3.28. The summed E-state index contributed by atoms with van der Waals surface area (Å²) in [5.74, 6) is 1.15. The Balaban J connectivity index is 1.71. The maximum absolute atomic E-state index is 6.07. The molecule has 0 saturated carbocycles. The van der Waals surface area contributed by atoms with E-state index in [0.29, 0.717) is 5.96 Å². The second-order valence-electron chi connectivity index (χ2n) is 6.56. The number of benzene rings is 2. The van der Waals surface area contributed by atoms with Gasteiger partial charge < -0.3 is 10.6 Å². The molecule has 2 aromatic carbocycles. The van der Waals surface area contributed by atoms with Crippen molar-refractivity contribution >= 4 is 28.6 Å². The molecule has 1 aromatic heterocycles. The first kappa shape index (κ1) is 14.3. The smallest absolute Gasteiger partial charge is 0.212 e. The van der Waals surface area contributed by atoms with Crippen LogP contribution in [-0.4, -0.2) is 28.6 Å². The van der Waals surface area contributed by atoms with Crippen LogP contribution in [0.25, 0.3) is 11.0 Å². The van der Waals surface area contributed by atoms with Gasteiger partial charge in [-0.25, -0.2) is 9.98 Å². The number of nitrogens with two attached hydrogens (primary N) is 1. The Labute approximate surface area is 146 Å². The zero-order valence-corrected chi connectivity index (χ0v) is 13.9. The van der Waals surface area contributed by atoms with Gasteiger partial charge in [-0.05, 0) is 31.0 Å². The van der Waals surface area contributed by atoms with Crippen molar-refractivity contribution in [3.05, 3.63) is 54.1 Å². The highest BCUT2D eigenvalue weighted by Gasteiger charge is 2.28. The monoisotopic (exact) mass is 332 g/mol. The van der Waals surface area contributed by atoms with Crippen molar-refractivity contribution in [2.24, 2.45) is 10.7 Å². The van der Waals surface area contributed by atoms with Crippen molar-refractivity contribution in [1.29, 1.82) is 0 Å². The van der Waals surface area contributed by atoms with E-state index in [1.807, 2.05) is 18.2 Å². The third-order valence-corrected chi connectivity index (χ3v) is 5.00. The summed E-state index contributed by atoms with van der Waals surface area (Å²) in [6.45, 7) is 2.19. The van der Waals surface area contributed by atoms with Crippen LogP contribution in [0.15, 0.2) is 53.5 Å². The number of aromatic nitrogens is 2. The lowest BCUT2D eigenvalue weighted by Crippen LogP contribution is -2.32. The van der Waals surface area contributed by atoms with Gasteiger partial charge in [0.15, 0.2) is 12.1 Å². The van der Waals surface area contributed by atoms with Gasteiger partial charge in [0.1, 0.15) is 0 Å². The Kier molecular flexibility index (Phi) is 3.16. The quantitative estimate of drug-likeness (QED) is 0.757. The summed E-state index contributed by atoms with van der Waals surface area (Å²) in [6.07, 6.45) is 2.27. The van der Waals surface area contributed by atoms with Gasteiger partial charge in [0.25, 0.3) is 0 Å². The van der Waals surface area contributed by atoms with Crippen molar-refractivity contribution in [2.75, 3.05) is 23.3 Å². The maximum atomic E-state index is 6.07. The first-order chi connectivity index (χ1) is 12.3. The van der Waals surface area contributed by atoms with Crippen molar-refractivity contribution in [2.45, 2.75) is 19.0 Å². The lowest BCUT2D eigenvalue weighted by molar-refractivity contribution is 0.624. The molecule has 1 atom stereocenters. The van der Waals surface area contributed by atoms with Gasteiger partial charge in [0.2, 0.25) is 5.95 Å². The maximum Gasteiger partial charge on any atom is 0.212 e. The van der Waals surface area contributed by atoms with Crippen LogP contribution in [0.3, 0.4) is 0 Å². The van der Waals surface area contributed by atoms with Gasteiger partial charge in [-0.1, -0.05) is 30.3 Å². The fourth-order valence-corrected chi connectivity index (χ4v) is 3.88. The van der Waals surface area contributed by atoms with E-state index in [1.165, 1.54) is 24.1 Å². The number of anilines is 2.